The van der Waals surface area contributed by atoms with E-state index in [4.69, 9.17) is 4.74 Å². The van der Waals surface area contributed by atoms with Gasteiger partial charge in [-0.25, -0.2) is 4.98 Å². The average Bonchev–Trinajstić information content (AvgIpc) is 2.89. The number of anilines is 1. The number of aromatic nitrogens is 1. The second-order valence-electron chi connectivity index (χ2n) is 6.22. The Morgan fingerprint density at radius 1 is 1.45 bits per heavy atom. The smallest absolute Gasteiger partial charge is 0.144 e. The first-order valence-electron chi connectivity index (χ1n) is 7.21. The summed E-state index contributed by atoms with van der Waals surface area (Å²) in [6.07, 6.45) is 4.21. The molecule has 1 aliphatic carbocycles. The molecule has 0 fully saturated rings. The van der Waals surface area contributed by atoms with Crippen LogP contribution in [-0.4, -0.2) is 25.2 Å². The molecule has 1 N–H and O–H groups in total. The van der Waals surface area contributed by atoms with Crippen molar-refractivity contribution in [3.8, 4) is 6.07 Å². The van der Waals surface area contributed by atoms with E-state index < -0.39 is 0 Å². The fraction of sp³-hybridized carbons (Fsp3) is 0.625. The van der Waals surface area contributed by atoms with Crippen LogP contribution in [0.4, 0.5) is 5.82 Å². The van der Waals surface area contributed by atoms with E-state index in [0.29, 0.717) is 5.56 Å². The van der Waals surface area contributed by atoms with Gasteiger partial charge in [-0.2, -0.15) is 5.26 Å². The lowest BCUT2D eigenvalue weighted by Crippen LogP contribution is -2.25. The Morgan fingerprint density at radius 3 is 2.95 bits per heavy atom. The quantitative estimate of drug-likeness (QED) is 0.865. The number of hydrogen-bond acceptors (Lipinski definition) is 4. The number of ether oxygens (including phenoxy) is 1. The lowest BCUT2D eigenvalue weighted by molar-refractivity contribution is 0.157. The highest BCUT2D eigenvalue weighted by molar-refractivity contribution is 5.55. The van der Waals surface area contributed by atoms with Gasteiger partial charge < -0.3 is 10.1 Å². The monoisotopic (exact) mass is 273 g/mol. The predicted molar refractivity (Wildman–Crippen MR) is 79.7 cm³/mol. The molecular formula is C16H23N3O. The number of methoxy groups -OCH3 is 1. The van der Waals surface area contributed by atoms with Gasteiger partial charge in [0, 0.05) is 26.0 Å². The lowest BCUT2D eigenvalue weighted by Gasteiger charge is -2.25. The van der Waals surface area contributed by atoms with Crippen molar-refractivity contribution in [2.45, 2.75) is 39.5 Å². The van der Waals surface area contributed by atoms with Crippen LogP contribution in [-0.2, 0) is 17.6 Å². The van der Waals surface area contributed by atoms with Gasteiger partial charge in [-0.3, -0.25) is 0 Å². The average molecular weight is 273 g/mol. The van der Waals surface area contributed by atoms with Gasteiger partial charge in [-0.1, -0.05) is 13.8 Å². The molecule has 0 spiro atoms. The van der Waals surface area contributed by atoms with E-state index in [2.05, 4.69) is 30.2 Å². The molecule has 108 valence electrons. The van der Waals surface area contributed by atoms with Gasteiger partial charge in [0.25, 0.3) is 0 Å². The zero-order valence-corrected chi connectivity index (χ0v) is 12.6. The van der Waals surface area contributed by atoms with E-state index in [9.17, 15) is 5.26 Å². The van der Waals surface area contributed by atoms with E-state index in [-0.39, 0.29) is 5.41 Å². The van der Waals surface area contributed by atoms with Gasteiger partial charge >= 0.3 is 0 Å². The van der Waals surface area contributed by atoms with Crippen molar-refractivity contribution >= 4 is 5.82 Å². The maximum Gasteiger partial charge on any atom is 0.144 e. The van der Waals surface area contributed by atoms with Crippen LogP contribution in [0.3, 0.4) is 0 Å². The van der Waals surface area contributed by atoms with E-state index in [1.54, 1.807) is 7.11 Å². The molecule has 4 nitrogen and oxygen atoms in total. The molecule has 0 aliphatic heterocycles. The van der Waals surface area contributed by atoms with E-state index in [1.165, 1.54) is 5.56 Å². The van der Waals surface area contributed by atoms with Crippen molar-refractivity contribution in [3.63, 3.8) is 0 Å². The molecule has 0 unspecified atom stereocenters. The summed E-state index contributed by atoms with van der Waals surface area (Å²) >= 11 is 0. The summed E-state index contributed by atoms with van der Waals surface area (Å²) in [6, 6.07) is 4.25. The van der Waals surface area contributed by atoms with Crippen molar-refractivity contribution in [1.82, 2.24) is 4.98 Å². The largest absolute Gasteiger partial charge is 0.385 e. The first-order valence-corrected chi connectivity index (χ1v) is 7.21. The Hall–Kier alpha value is -1.60. The molecule has 20 heavy (non-hydrogen) atoms. The molecule has 1 aromatic heterocycles. The Balaban J connectivity index is 2.08. The lowest BCUT2D eigenvalue weighted by atomic mass is 9.89. The third kappa shape index (κ3) is 3.49. The zero-order chi connectivity index (χ0) is 14.6. The summed E-state index contributed by atoms with van der Waals surface area (Å²) in [5.41, 5.74) is 3.17. The van der Waals surface area contributed by atoms with Gasteiger partial charge in [0.1, 0.15) is 11.9 Å². The number of nitrogens with one attached hydrogen (secondary N) is 1. The molecule has 0 aromatic carbocycles. The number of nitrogens with zero attached hydrogens (tertiary/aromatic N) is 2. The van der Waals surface area contributed by atoms with Crippen LogP contribution < -0.4 is 5.32 Å². The molecule has 0 atom stereocenters. The fourth-order valence-corrected chi connectivity index (χ4v) is 2.48. The number of aryl methyl sites for hydroxylation is 2. The summed E-state index contributed by atoms with van der Waals surface area (Å²) in [6.45, 7) is 5.92. The Labute approximate surface area is 121 Å². The van der Waals surface area contributed by atoms with Crippen LogP contribution >= 0.6 is 0 Å². The molecular weight excluding hydrogens is 250 g/mol. The van der Waals surface area contributed by atoms with Crippen LogP contribution in [0.2, 0.25) is 0 Å². The predicted octanol–water partition coefficient (Wildman–Crippen LogP) is 2.92. The molecule has 1 aromatic rings. The van der Waals surface area contributed by atoms with Crippen LogP contribution in [0.15, 0.2) is 6.07 Å². The SMILES string of the molecule is COCCC(C)(C)CNc1nc2c(cc1C#N)CCC2. The van der Waals surface area contributed by atoms with Crippen molar-refractivity contribution in [2.75, 3.05) is 25.6 Å². The minimum atomic E-state index is 0.115. The molecule has 0 saturated carbocycles. The van der Waals surface area contributed by atoms with Crippen LogP contribution in [0.25, 0.3) is 0 Å². The third-order valence-electron chi connectivity index (χ3n) is 3.89. The highest BCUT2D eigenvalue weighted by Crippen LogP contribution is 2.26. The second kappa shape index (κ2) is 6.23. The van der Waals surface area contributed by atoms with Gasteiger partial charge in [0.15, 0.2) is 0 Å². The molecule has 0 amide bonds. The normalized spacial score (nSPS) is 13.9. The molecule has 4 heteroatoms. The standard InChI is InChI=1S/C16H23N3O/c1-16(2,7-8-20-3)11-18-15-13(10-17)9-12-5-4-6-14(12)19-15/h9H,4-8,11H2,1-3H3,(H,18,19). The first kappa shape index (κ1) is 14.8. The number of pyridine rings is 1. The second-order valence-corrected chi connectivity index (χ2v) is 6.22. The number of hydrogen-bond donors (Lipinski definition) is 1. The van der Waals surface area contributed by atoms with Crippen LogP contribution in [0, 0.1) is 16.7 Å². The van der Waals surface area contributed by atoms with Gasteiger partial charge in [-0.05, 0) is 42.7 Å². The van der Waals surface area contributed by atoms with Crippen molar-refractivity contribution in [2.24, 2.45) is 5.41 Å². The van der Waals surface area contributed by atoms with Crippen LogP contribution in [0.5, 0.6) is 0 Å². The summed E-state index contributed by atoms with van der Waals surface area (Å²) in [7, 11) is 1.72. The molecule has 1 aliphatic rings. The number of nitriles is 1. The van der Waals surface area contributed by atoms with E-state index in [0.717, 1.165) is 50.3 Å². The zero-order valence-electron chi connectivity index (χ0n) is 12.6. The van der Waals surface area contributed by atoms with Crippen molar-refractivity contribution in [1.29, 1.82) is 5.26 Å². The van der Waals surface area contributed by atoms with Gasteiger partial charge in [0.05, 0.1) is 5.56 Å². The van der Waals surface area contributed by atoms with Crippen molar-refractivity contribution in [3.05, 3.63) is 22.9 Å². The molecule has 0 saturated heterocycles. The Bertz CT molecular complexity index is 517. The minimum Gasteiger partial charge on any atom is -0.385 e. The summed E-state index contributed by atoms with van der Waals surface area (Å²) in [5.74, 6) is 0.735. The molecule has 0 bridgehead atoms. The first-order chi connectivity index (χ1) is 9.55. The Morgan fingerprint density at radius 2 is 2.25 bits per heavy atom. The van der Waals surface area contributed by atoms with E-state index >= 15 is 0 Å². The maximum absolute atomic E-state index is 9.27. The van der Waals surface area contributed by atoms with Crippen molar-refractivity contribution < 1.29 is 4.74 Å². The highest BCUT2D eigenvalue weighted by Gasteiger charge is 2.20. The molecule has 2 rings (SSSR count). The molecule has 1 heterocycles. The molecule has 0 radical (unpaired) electrons. The third-order valence-corrected chi connectivity index (χ3v) is 3.89. The Kier molecular flexibility index (Phi) is 4.61. The van der Waals surface area contributed by atoms with Crippen LogP contribution in [0.1, 0.15) is 43.5 Å². The summed E-state index contributed by atoms with van der Waals surface area (Å²) in [4.78, 5) is 4.64. The minimum absolute atomic E-state index is 0.115. The maximum atomic E-state index is 9.27. The highest BCUT2D eigenvalue weighted by atomic mass is 16.5. The topological polar surface area (TPSA) is 57.9 Å². The van der Waals surface area contributed by atoms with Gasteiger partial charge in [0.2, 0.25) is 0 Å². The fourth-order valence-electron chi connectivity index (χ4n) is 2.48. The van der Waals surface area contributed by atoms with Gasteiger partial charge in [-0.15, -0.1) is 0 Å². The summed E-state index contributed by atoms with van der Waals surface area (Å²) < 4.78 is 5.14. The summed E-state index contributed by atoms with van der Waals surface area (Å²) in [5, 5.41) is 12.6. The van der Waals surface area contributed by atoms with E-state index in [1.807, 2.05) is 6.07 Å². The number of rotatable bonds is 6. The number of fused-ring (bicyclic) bond motifs is 1.